The second-order valence-corrected chi connectivity index (χ2v) is 5.64. The second kappa shape index (κ2) is 7.51. The summed E-state index contributed by atoms with van der Waals surface area (Å²) in [5, 5.41) is 0. The van der Waals surface area contributed by atoms with Gasteiger partial charge in [-0.1, -0.05) is 12.1 Å². The molecule has 1 aromatic carbocycles. The van der Waals surface area contributed by atoms with Gasteiger partial charge in [-0.25, -0.2) is 9.97 Å². The number of benzene rings is 1. The highest BCUT2D eigenvalue weighted by atomic mass is 19.4. The highest BCUT2D eigenvalue weighted by molar-refractivity contribution is 5.93. The third kappa shape index (κ3) is 4.17. The fourth-order valence-corrected chi connectivity index (χ4v) is 2.45. The first-order valence-corrected chi connectivity index (χ1v) is 7.89. The summed E-state index contributed by atoms with van der Waals surface area (Å²) in [6.45, 7) is 0.0818. The van der Waals surface area contributed by atoms with Crippen LogP contribution in [0.3, 0.4) is 0 Å². The summed E-state index contributed by atoms with van der Waals surface area (Å²) in [4.78, 5) is 32.7. The van der Waals surface area contributed by atoms with E-state index in [1.54, 1.807) is 23.4 Å². The summed E-state index contributed by atoms with van der Waals surface area (Å²) >= 11 is 0. The fourth-order valence-electron chi connectivity index (χ4n) is 2.45. The summed E-state index contributed by atoms with van der Waals surface area (Å²) in [6.07, 6.45) is -1.72. The summed E-state index contributed by atoms with van der Waals surface area (Å²) in [7, 11) is 0. The van der Waals surface area contributed by atoms with E-state index in [9.17, 15) is 22.8 Å². The molecule has 0 aliphatic heterocycles. The van der Waals surface area contributed by atoms with Gasteiger partial charge in [0.25, 0.3) is 11.5 Å². The van der Waals surface area contributed by atoms with E-state index in [1.165, 1.54) is 24.3 Å². The van der Waals surface area contributed by atoms with Crippen LogP contribution in [0.2, 0.25) is 0 Å². The number of hydrogen-bond donors (Lipinski definition) is 2. The van der Waals surface area contributed by atoms with E-state index in [2.05, 4.69) is 9.97 Å². The van der Waals surface area contributed by atoms with Crippen molar-refractivity contribution in [1.29, 1.82) is 0 Å². The maximum Gasteiger partial charge on any atom is 0.431 e. The lowest BCUT2D eigenvalue weighted by Crippen LogP contribution is -2.27. The van der Waals surface area contributed by atoms with Crippen LogP contribution in [-0.2, 0) is 12.8 Å². The molecule has 0 spiro atoms. The van der Waals surface area contributed by atoms with E-state index in [1.807, 2.05) is 0 Å². The lowest BCUT2D eigenvalue weighted by Gasteiger charge is -2.14. The zero-order valence-corrected chi connectivity index (χ0v) is 14.2. The topological polar surface area (TPSA) is 111 Å². The number of halogens is 3. The number of nitrogens with two attached hydrogens (primary N) is 1. The van der Waals surface area contributed by atoms with Crippen molar-refractivity contribution in [3.8, 4) is 16.9 Å². The molecular weight excluding hydrogens is 377 g/mol. The molecule has 0 fully saturated rings. The molecule has 0 bridgehead atoms. The molecule has 1 amide bonds. The average Bonchev–Trinajstić information content (AvgIpc) is 2.66. The van der Waals surface area contributed by atoms with Crippen LogP contribution in [0.25, 0.3) is 11.1 Å². The molecule has 0 atom stereocenters. The Hall–Kier alpha value is -3.69. The summed E-state index contributed by atoms with van der Waals surface area (Å²) in [5.41, 5.74) is 1.77. The fraction of sp³-hybridized carbons (Fsp3) is 0.111. The van der Waals surface area contributed by atoms with Crippen LogP contribution in [0, 0.1) is 0 Å². The number of amides is 1. The number of rotatable bonds is 5. The Morgan fingerprint density at radius 2 is 1.79 bits per heavy atom. The van der Waals surface area contributed by atoms with Crippen LogP contribution in [0.1, 0.15) is 21.9 Å². The number of H-pyrrole nitrogens is 1. The van der Waals surface area contributed by atoms with Gasteiger partial charge in [-0.15, -0.1) is 0 Å². The van der Waals surface area contributed by atoms with Crippen molar-refractivity contribution in [2.75, 3.05) is 0 Å². The second-order valence-electron chi connectivity index (χ2n) is 5.64. The van der Waals surface area contributed by atoms with E-state index in [4.69, 9.17) is 10.5 Å². The van der Waals surface area contributed by atoms with Crippen LogP contribution >= 0.6 is 0 Å². The minimum absolute atomic E-state index is 0.0818. The Bertz CT molecular complexity index is 1050. The zero-order chi connectivity index (χ0) is 20.3. The van der Waals surface area contributed by atoms with Gasteiger partial charge in [0.05, 0.1) is 0 Å². The minimum atomic E-state index is -4.83. The van der Waals surface area contributed by atoms with Gasteiger partial charge < -0.3 is 15.5 Å². The Morgan fingerprint density at radius 3 is 2.36 bits per heavy atom. The Labute approximate surface area is 156 Å². The van der Waals surface area contributed by atoms with Crippen molar-refractivity contribution in [2.45, 2.75) is 12.8 Å². The molecule has 0 radical (unpaired) electrons. The third-order valence-electron chi connectivity index (χ3n) is 3.74. The van der Waals surface area contributed by atoms with Gasteiger partial charge in [-0.2, -0.15) is 13.2 Å². The molecule has 10 heteroatoms. The molecule has 0 saturated heterocycles. The highest BCUT2D eigenvalue weighted by Gasteiger charge is 2.36. The molecule has 0 aliphatic rings. The number of carbonyl (C=O) groups excluding carboxylic acids is 1. The Morgan fingerprint density at radius 1 is 1.14 bits per heavy atom. The van der Waals surface area contributed by atoms with Gasteiger partial charge >= 0.3 is 6.18 Å². The SMILES string of the molecule is NC(=O)c1cc(-c2ccc(OCc3ncccn3)cc2)c(C(F)(F)F)[nH]c1=O. The first-order chi connectivity index (χ1) is 13.3. The molecular formula is C18H13F3N4O3. The highest BCUT2D eigenvalue weighted by Crippen LogP contribution is 2.35. The van der Waals surface area contributed by atoms with Crippen molar-refractivity contribution in [3.63, 3.8) is 0 Å². The van der Waals surface area contributed by atoms with Crippen molar-refractivity contribution in [3.05, 3.63) is 76.2 Å². The van der Waals surface area contributed by atoms with E-state index in [0.717, 1.165) is 6.07 Å². The number of aromatic nitrogens is 3. The summed E-state index contributed by atoms with van der Waals surface area (Å²) < 4.78 is 45.4. The molecule has 0 saturated carbocycles. The van der Waals surface area contributed by atoms with Crippen LogP contribution in [0.15, 0.2) is 53.6 Å². The molecule has 2 heterocycles. The number of nitrogens with one attached hydrogen (secondary N) is 1. The number of pyridine rings is 1. The molecule has 2 aromatic heterocycles. The van der Waals surface area contributed by atoms with Gasteiger partial charge in [0, 0.05) is 18.0 Å². The molecule has 0 aliphatic carbocycles. The number of ether oxygens (including phenoxy) is 1. The molecule has 3 aromatic rings. The van der Waals surface area contributed by atoms with E-state index in [-0.39, 0.29) is 17.7 Å². The lowest BCUT2D eigenvalue weighted by atomic mass is 10.0. The van der Waals surface area contributed by atoms with Crippen LogP contribution in [0.4, 0.5) is 13.2 Å². The molecule has 7 nitrogen and oxygen atoms in total. The summed E-state index contributed by atoms with van der Waals surface area (Å²) in [6, 6.07) is 8.13. The zero-order valence-electron chi connectivity index (χ0n) is 14.2. The number of alkyl halides is 3. The van der Waals surface area contributed by atoms with Crippen LogP contribution < -0.4 is 16.0 Å². The lowest BCUT2D eigenvalue weighted by molar-refractivity contribution is -0.140. The number of primary amides is 1. The van der Waals surface area contributed by atoms with Crippen LogP contribution in [-0.4, -0.2) is 20.9 Å². The number of nitrogens with zero attached hydrogens (tertiary/aromatic N) is 2. The smallest absolute Gasteiger partial charge is 0.431 e. The largest absolute Gasteiger partial charge is 0.486 e. The number of hydrogen-bond acceptors (Lipinski definition) is 5. The van der Waals surface area contributed by atoms with Crippen molar-refractivity contribution in [2.24, 2.45) is 5.73 Å². The van der Waals surface area contributed by atoms with Crippen molar-refractivity contribution >= 4 is 5.91 Å². The van der Waals surface area contributed by atoms with E-state index < -0.39 is 28.9 Å². The Balaban J connectivity index is 1.93. The van der Waals surface area contributed by atoms with Gasteiger partial charge in [-0.3, -0.25) is 9.59 Å². The predicted molar refractivity (Wildman–Crippen MR) is 92.4 cm³/mol. The van der Waals surface area contributed by atoms with Crippen molar-refractivity contribution < 1.29 is 22.7 Å². The number of carbonyl (C=O) groups is 1. The van der Waals surface area contributed by atoms with Crippen LogP contribution in [0.5, 0.6) is 5.75 Å². The van der Waals surface area contributed by atoms with E-state index in [0.29, 0.717) is 11.6 Å². The number of aromatic amines is 1. The molecule has 0 unspecified atom stereocenters. The standard InChI is InChI=1S/C18H13F3N4O3/c19-18(20,21)15-12(8-13(16(22)26)17(27)25-15)10-2-4-11(5-3-10)28-9-14-23-6-1-7-24-14/h1-8H,9H2,(H2,22,26)(H,25,27). The molecule has 3 N–H and O–H groups in total. The first-order valence-electron chi connectivity index (χ1n) is 7.89. The first kappa shape index (κ1) is 19.1. The normalized spacial score (nSPS) is 11.2. The average molecular weight is 390 g/mol. The van der Waals surface area contributed by atoms with Crippen molar-refractivity contribution in [1.82, 2.24) is 15.0 Å². The summed E-state index contributed by atoms with van der Waals surface area (Å²) in [5.74, 6) is -0.305. The van der Waals surface area contributed by atoms with Gasteiger partial charge in [0.1, 0.15) is 23.6 Å². The maximum absolute atomic E-state index is 13.3. The predicted octanol–water partition coefficient (Wildman–Crippen LogP) is 2.53. The minimum Gasteiger partial charge on any atom is -0.486 e. The molecule has 144 valence electrons. The quantitative estimate of drug-likeness (QED) is 0.696. The third-order valence-corrected chi connectivity index (χ3v) is 3.74. The van der Waals surface area contributed by atoms with Gasteiger partial charge in [0.2, 0.25) is 0 Å². The molecule has 28 heavy (non-hydrogen) atoms. The maximum atomic E-state index is 13.3. The van der Waals surface area contributed by atoms with E-state index >= 15 is 0 Å². The van der Waals surface area contributed by atoms with Gasteiger partial charge in [-0.05, 0) is 29.8 Å². The monoisotopic (exact) mass is 390 g/mol. The van der Waals surface area contributed by atoms with Gasteiger partial charge in [0.15, 0.2) is 5.82 Å². The Kier molecular flexibility index (Phi) is 5.12. The molecule has 3 rings (SSSR count).